The lowest BCUT2D eigenvalue weighted by molar-refractivity contribution is 0.0330. The molecule has 1 fully saturated rings. The maximum atomic E-state index is 5.93. The minimum Gasteiger partial charge on any atom is -0.384 e. The van der Waals surface area contributed by atoms with E-state index in [-0.39, 0.29) is 0 Å². The lowest BCUT2D eigenvalue weighted by Gasteiger charge is -2.43. The predicted molar refractivity (Wildman–Crippen MR) is 68.4 cm³/mol. The maximum absolute atomic E-state index is 5.93. The Kier molecular flexibility index (Phi) is 5.73. The standard InChI is InChI=1S/C13H28N2O/c1-10-5-6-15(12(3)7-10)13(8-14)11(2)9-16-4/h10-13H,5-9,14H2,1-4H3. The van der Waals surface area contributed by atoms with Crippen LogP contribution in [0.15, 0.2) is 0 Å². The molecule has 3 nitrogen and oxygen atoms in total. The largest absolute Gasteiger partial charge is 0.384 e. The lowest BCUT2D eigenvalue weighted by atomic mass is 9.89. The van der Waals surface area contributed by atoms with Crippen molar-refractivity contribution in [1.82, 2.24) is 4.90 Å². The summed E-state index contributed by atoms with van der Waals surface area (Å²) in [6.45, 7) is 9.66. The van der Waals surface area contributed by atoms with E-state index in [0.717, 1.165) is 19.1 Å². The van der Waals surface area contributed by atoms with E-state index in [1.165, 1.54) is 19.4 Å². The topological polar surface area (TPSA) is 38.5 Å². The van der Waals surface area contributed by atoms with Gasteiger partial charge in [-0.2, -0.15) is 0 Å². The zero-order valence-electron chi connectivity index (χ0n) is 11.3. The van der Waals surface area contributed by atoms with Crippen molar-refractivity contribution in [3.8, 4) is 0 Å². The molecule has 0 aliphatic carbocycles. The molecule has 0 saturated carbocycles. The van der Waals surface area contributed by atoms with E-state index in [0.29, 0.717) is 18.0 Å². The Balaban J connectivity index is 2.57. The van der Waals surface area contributed by atoms with Crippen molar-refractivity contribution in [3.63, 3.8) is 0 Å². The van der Waals surface area contributed by atoms with Gasteiger partial charge in [-0.25, -0.2) is 0 Å². The van der Waals surface area contributed by atoms with Gasteiger partial charge in [-0.1, -0.05) is 13.8 Å². The van der Waals surface area contributed by atoms with E-state index >= 15 is 0 Å². The molecule has 96 valence electrons. The van der Waals surface area contributed by atoms with Gasteiger partial charge in [0.15, 0.2) is 0 Å². The fourth-order valence-corrected chi connectivity index (χ4v) is 2.99. The molecule has 4 atom stereocenters. The van der Waals surface area contributed by atoms with Gasteiger partial charge in [0.1, 0.15) is 0 Å². The molecule has 4 unspecified atom stereocenters. The highest BCUT2D eigenvalue weighted by molar-refractivity contribution is 4.85. The van der Waals surface area contributed by atoms with Crippen LogP contribution in [0, 0.1) is 11.8 Å². The summed E-state index contributed by atoms with van der Waals surface area (Å²) in [5.41, 5.74) is 5.93. The zero-order chi connectivity index (χ0) is 12.1. The maximum Gasteiger partial charge on any atom is 0.0503 e. The van der Waals surface area contributed by atoms with Crippen molar-refractivity contribution < 1.29 is 4.74 Å². The van der Waals surface area contributed by atoms with Crippen LogP contribution in [0.5, 0.6) is 0 Å². The number of nitrogens with two attached hydrogens (primary N) is 1. The molecule has 1 aliphatic heterocycles. The first-order valence-electron chi connectivity index (χ1n) is 6.54. The first-order chi connectivity index (χ1) is 7.60. The number of hydrogen-bond donors (Lipinski definition) is 1. The molecule has 3 heteroatoms. The van der Waals surface area contributed by atoms with Crippen LogP contribution in [0.4, 0.5) is 0 Å². The highest BCUT2D eigenvalue weighted by atomic mass is 16.5. The number of piperidine rings is 1. The van der Waals surface area contributed by atoms with Crippen molar-refractivity contribution in [1.29, 1.82) is 0 Å². The lowest BCUT2D eigenvalue weighted by Crippen LogP contribution is -2.53. The molecular formula is C13H28N2O. The van der Waals surface area contributed by atoms with Crippen LogP contribution >= 0.6 is 0 Å². The SMILES string of the molecule is COCC(C)C(CN)N1CCC(C)CC1C. The van der Waals surface area contributed by atoms with Gasteiger partial charge in [-0.3, -0.25) is 4.90 Å². The van der Waals surface area contributed by atoms with Gasteiger partial charge in [0.2, 0.25) is 0 Å². The van der Waals surface area contributed by atoms with Crippen LogP contribution in [0.3, 0.4) is 0 Å². The third-order valence-corrected chi connectivity index (χ3v) is 3.94. The van der Waals surface area contributed by atoms with E-state index in [2.05, 4.69) is 25.7 Å². The fourth-order valence-electron chi connectivity index (χ4n) is 2.99. The summed E-state index contributed by atoms with van der Waals surface area (Å²) >= 11 is 0. The normalized spacial score (nSPS) is 31.3. The molecular weight excluding hydrogens is 200 g/mol. The van der Waals surface area contributed by atoms with Crippen molar-refractivity contribution >= 4 is 0 Å². The highest BCUT2D eigenvalue weighted by Crippen LogP contribution is 2.26. The molecule has 0 aromatic rings. The van der Waals surface area contributed by atoms with Gasteiger partial charge in [0.05, 0.1) is 6.61 Å². The second-order valence-corrected chi connectivity index (χ2v) is 5.45. The Bertz CT molecular complexity index is 194. The number of hydrogen-bond acceptors (Lipinski definition) is 3. The minimum absolute atomic E-state index is 0.474. The summed E-state index contributed by atoms with van der Waals surface area (Å²) in [5.74, 6) is 1.38. The Morgan fingerprint density at radius 3 is 2.62 bits per heavy atom. The molecule has 1 rings (SSSR count). The molecule has 0 spiro atoms. The van der Waals surface area contributed by atoms with Crippen molar-refractivity contribution in [2.75, 3.05) is 26.8 Å². The molecule has 1 saturated heterocycles. The van der Waals surface area contributed by atoms with E-state index in [9.17, 15) is 0 Å². The minimum atomic E-state index is 0.474. The third kappa shape index (κ3) is 3.44. The molecule has 0 aromatic heterocycles. The zero-order valence-corrected chi connectivity index (χ0v) is 11.3. The van der Waals surface area contributed by atoms with Gasteiger partial charge >= 0.3 is 0 Å². The van der Waals surface area contributed by atoms with E-state index < -0.39 is 0 Å². The van der Waals surface area contributed by atoms with Crippen molar-refractivity contribution in [2.45, 2.75) is 45.7 Å². The quantitative estimate of drug-likeness (QED) is 0.778. The van der Waals surface area contributed by atoms with Crippen LogP contribution < -0.4 is 5.73 Å². The number of methoxy groups -OCH3 is 1. The second kappa shape index (κ2) is 6.58. The monoisotopic (exact) mass is 228 g/mol. The highest BCUT2D eigenvalue weighted by Gasteiger charge is 2.30. The number of rotatable bonds is 5. The Hall–Kier alpha value is -0.120. The average molecular weight is 228 g/mol. The molecule has 16 heavy (non-hydrogen) atoms. The van der Waals surface area contributed by atoms with Crippen LogP contribution in [0.25, 0.3) is 0 Å². The summed E-state index contributed by atoms with van der Waals surface area (Å²) in [6.07, 6.45) is 2.61. The Labute approximate surface area is 100 Å². The number of likely N-dealkylation sites (tertiary alicyclic amines) is 1. The smallest absolute Gasteiger partial charge is 0.0503 e. The third-order valence-electron chi connectivity index (χ3n) is 3.94. The molecule has 1 aliphatic rings. The molecule has 2 N–H and O–H groups in total. The summed E-state index contributed by atoms with van der Waals surface area (Å²) in [4.78, 5) is 2.59. The molecule has 0 aromatic carbocycles. The molecule has 1 heterocycles. The van der Waals surface area contributed by atoms with E-state index in [4.69, 9.17) is 10.5 Å². The summed E-state index contributed by atoms with van der Waals surface area (Å²) in [7, 11) is 1.77. The fraction of sp³-hybridized carbons (Fsp3) is 1.00. The first-order valence-corrected chi connectivity index (χ1v) is 6.54. The van der Waals surface area contributed by atoms with Gasteiger partial charge in [-0.05, 0) is 38.1 Å². The first kappa shape index (κ1) is 13.9. The molecule has 0 radical (unpaired) electrons. The number of nitrogens with zero attached hydrogens (tertiary/aromatic N) is 1. The average Bonchev–Trinajstić information content (AvgIpc) is 2.22. The summed E-state index contributed by atoms with van der Waals surface area (Å²) in [5, 5.41) is 0. The van der Waals surface area contributed by atoms with Crippen LogP contribution in [0.1, 0.15) is 33.6 Å². The summed E-state index contributed by atoms with van der Waals surface area (Å²) < 4.78 is 5.25. The van der Waals surface area contributed by atoms with Gasteiger partial charge in [0.25, 0.3) is 0 Å². The molecule has 0 bridgehead atoms. The van der Waals surface area contributed by atoms with E-state index in [1.54, 1.807) is 7.11 Å². The van der Waals surface area contributed by atoms with Crippen LogP contribution in [-0.4, -0.2) is 43.8 Å². The Morgan fingerprint density at radius 1 is 1.44 bits per heavy atom. The van der Waals surface area contributed by atoms with Gasteiger partial charge < -0.3 is 10.5 Å². The second-order valence-electron chi connectivity index (χ2n) is 5.45. The van der Waals surface area contributed by atoms with Crippen molar-refractivity contribution in [2.24, 2.45) is 17.6 Å². The van der Waals surface area contributed by atoms with Gasteiger partial charge in [0, 0.05) is 25.7 Å². The predicted octanol–water partition coefficient (Wildman–Crippen LogP) is 1.72. The Morgan fingerprint density at radius 2 is 2.12 bits per heavy atom. The summed E-state index contributed by atoms with van der Waals surface area (Å²) in [6, 6.07) is 1.14. The molecule has 0 amide bonds. The van der Waals surface area contributed by atoms with E-state index in [1.807, 2.05) is 0 Å². The van der Waals surface area contributed by atoms with Crippen LogP contribution in [-0.2, 0) is 4.74 Å². The number of ether oxygens (including phenoxy) is 1. The van der Waals surface area contributed by atoms with Gasteiger partial charge in [-0.15, -0.1) is 0 Å². The van der Waals surface area contributed by atoms with Crippen molar-refractivity contribution in [3.05, 3.63) is 0 Å². The van der Waals surface area contributed by atoms with Crippen LogP contribution in [0.2, 0.25) is 0 Å².